The number of allylic oxidation sites excluding steroid dienone is 15. The summed E-state index contributed by atoms with van der Waals surface area (Å²) in [5, 5.41) is 86.8. The van der Waals surface area contributed by atoms with Gasteiger partial charge in [0, 0.05) is 6.42 Å². The third-order valence-corrected chi connectivity index (χ3v) is 14.0. The molecule has 77 heavy (non-hydrogen) atoms. The first kappa shape index (κ1) is 70.0. The Kier molecular flexibility index (Phi) is 43.4. The minimum absolute atomic E-state index is 0.256. The molecule has 0 bridgehead atoms. The average molecular weight is 1090 g/mol. The molecule has 14 nitrogen and oxygen atoms in total. The van der Waals surface area contributed by atoms with Crippen molar-refractivity contribution in [2.24, 2.45) is 0 Å². The largest absolute Gasteiger partial charge is 0.394 e. The molecule has 0 aromatic carbocycles. The highest BCUT2D eigenvalue weighted by Gasteiger charge is 2.51. The van der Waals surface area contributed by atoms with Crippen LogP contribution in [-0.4, -0.2) is 140 Å². The molecule has 14 heteroatoms. The van der Waals surface area contributed by atoms with Crippen molar-refractivity contribution in [2.75, 3.05) is 19.8 Å². The summed E-state index contributed by atoms with van der Waals surface area (Å²) in [6.07, 6.45) is 49.0. The van der Waals surface area contributed by atoms with Crippen molar-refractivity contribution in [1.82, 2.24) is 5.32 Å². The molecule has 1 amide bonds. The lowest BCUT2D eigenvalue weighted by molar-refractivity contribution is -0.359. The van der Waals surface area contributed by atoms with E-state index in [1.807, 2.05) is 6.08 Å². The van der Waals surface area contributed by atoms with Crippen LogP contribution in [0, 0.1) is 0 Å². The predicted molar refractivity (Wildman–Crippen MR) is 309 cm³/mol. The Bertz CT molecular complexity index is 1660. The Morgan fingerprint density at radius 1 is 0.481 bits per heavy atom. The van der Waals surface area contributed by atoms with Gasteiger partial charge in [-0.2, -0.15) is 0 Å². The van der Waals surface area contributed by atoms with Crippen molar-refractivity contribution in [3.05, 3.63) is 97.2 Å². The van der Waals surface area contributed by atoms with Gasteiger partial charge in [0.05, 0.1) is 32.0 Å². The fraction of sp³-hybridized carbons (Fsp3) is 0.730. The summed E-state index contributed by atoms with van der Waals surface area (Å²) in [6, 6.07) is -0.935. The molecular weight excluding hydrogens is 979 g/mol. The van der Waals surface area contributed by atoms with Gasteiger partial charge in [-0.15, -0.1) is 0 Å². The van der Waals surface area contributed by atoms with Gasteiger partial charge in [0.25, 0.3) is 0 Å². The zero-order valence-electron chi connectivity index (χ0n) is 47.4. The van der Waals surface area contributed by atoms with Gasteiger partial charge in [-0.1, -0.05) is 207 Å². The van der Waals surface area contributed by atoms with Crippen LogP contribution in [0.5, 0.6) is 0 Å². The van der Waals surface area contributed by atoms with Gasteiger partial charge >= 0.3 is 0 Å². The van der Waals surface area contributed by atoms with Gasteiger partial charge in [0.2, 0.25) is 5.91 Å². The van der Waals surface area contributed by atoms with Crippen molar-refractivity contribution in [3.63, 3.8) is 0 Å². The lowest BCUT2D eigenvalue weighted by atomic mass is 9.97. The van der Waals surface area contributed by atoms with Crippen LogP contribution >= 0.6 is 0 Å². The fourth-order valence-corrected chi connectivity index (χ4v) is 9.19. The van der Waals surface area contributed by atoms with Crippen LogP contribution in [-0.2, 0) is 23.7 Å². The molecule has 2 heterocycles. The van der Waals surface area contributed by atoms with Crippen LogP contribution in [0.25, 0.3) is 0 Å². The number of aliphatic hydroxyl groups is 8. The number of unbranched alkanes of at least 4 members (excludes halogenated alkanes) is 19. The summed E-state index contributed by atoms with van der Waals surface area (Å²) < 4.78 is 22.7. The number of amides is 1. The minimum atomic E-state index is -1.79. The second-order valence-electron chi connectivity index (χ2n) is 20.7. The third kappa shape index (κ3) is 33.3. The van der Waals surface area contributed by atoms with E-state index in [1.165, 1.54) is 89.9 Å². The highest BCUT2D eigenvalue weighted by atomic mass is 16.7. The number of nitrogens with one attached hydrogen (secondary N) is 1. The molecule has 12 unspecified atom stereocenters. The molecule has 0 aromatic heterocycles. The Morgan fingerprint density at radius 2 is 0.909 bits per heavy atom. The lowest BCUT2D eigenvalue weighted by Crippen LogP contribution is -2.65. The summed E-state index contributed by atoms with van der Waals surface area (Å²) >= 11 is 0. The van der Waals surface area contributed by atoms with E-state index in [2.05, 4.69) is 104 Å². The molecule has 442 valence electrons. The normalized spacial score (nSPS) is 25.4. The van der Waals surface area contributed by atoms with Gasteiger partial charge in [-0.05, 0) is 83.5 Å². The SMILES string of the molecule is CC/C=C\C/C=C\C/C=C\C/C=C\C/C=C\C/C=C\CCCCCCCCCCCCCCCCC(=O)NC(COC1OC(CO)C(OC2OC(CO)C(O)C(O)C2O)C(O)C1O)C(O)/C=C/CC/C=C/CCCCCC. The molecule has 2 aliphatic heterocycles. The highest BCUT2D eigenvalue weighted by molar-refractivity contribution is 5.76. The smallest absolute Gasteiger partial charge is 0.220 e. The van der Waals surface area contributed by atoms with Crippen molar-refractivity contribution in [2.45, 2.75) is 274 Å². The van der Waals surface area contributed by atoms with Gasteiger partial charge in [0.1, 0.15) is 48.8 Å². The number of ether oxygens (including phenoxy) is 4. The second kappa shape index (κ2) is 47.7. The highest BCUT2D eigenvalue weighted by Crippen LogP contribution is 2.30. The molecule has 0 aromatic rings. The Hall–Kier alpha value is -3.09. The van der Waals surface area contributed by atoms with Gasteiger partial charge in [-0.25, -0.2) is 0 Å². The standard InChI is InChI=1S/C63H107NO13/c1-3-5-7-9-11-13-15-16-17-18-19-20-21-22-23-24-25-26-27-28-29-30-31-32-33-34-35-36-37-39-41-43-45-47-55(68)64-51(52(67)46-44-42-40-38-14-12-10-8-6-4-2)50-74-62-60(73)58(71)61(54(49-66)76-62)77-63-59(72)57(70)56(69)53(48-65)75-63/h5,7,11,13-14,16-17,19-20,22-23,25-26,38,44,46,51-54,56-63,65-67,69-73H,3-4,6,8-10,12,15,18,21,24,27-37,39-43,45,47-50H2,1-2H3,(H,64,68)/b7-5-,13-11-,17-16-,20-19-,23-22-,26-25-,38-14+,46-44+. The molecule has 0 saturated carbocycles. The van der Waals surface area contributed by atoms with Gasteiger partial charge < -0.3 is 65.1 Å². The molecule has 0 radical (unpaired) electrons. The van der Waals surface area contributed by atoms with E-state index < -0.39 is 86.8 Å². The number of carbonyl (C=O) groups excluding carboxylic acids is 1. The van der Waals surface area contributed by atoms with Gasteiger partial charge in [0.15, 0.2) is 12.6 Å². The third-order valence-electron chi connectivity index (χ3n) is 14.0. The predicted octanol–water partition coefficient (Wildman–Crippen LogP) is 10.3. The quantitative estimate of drug-likeness (QED) is 0.0205. The summed E-state index contributed by atoms with van der Waals surface area (Å²) in [5.41, 5.74) is 0. The molecule has 2 aliphatic rings. The molecule has 12 atom stereocenters. The number of hydrogen-bond acceptors (Lipinski definition) is 13. The second-order valence-corrected chi connectivity index (χ2v) is 20.7. The van der Waals surface area contributed by atoms with E-state index in [0.717, 1.165) is 77.0 Å². The number of aliphatic hydroxyl groups excluding tert-OH is 8. The topological polar surface area (TPSA) is 228 Å². The zero-order valence-corrected chi connectivity index (χ0v) is 47.4. The van der Waals surface area contributed by atoms with Crippen LogP contribution in [0.3, 0.4) is 0 Å². The molecule has 0 aliphatic carbocycles. The van der Waals surface area contributed by atoms with E-state index >= 15 is 0 Å². The molecular formula is C63H107NO13. The van der Waals surface area contributed by atoms with Crippen molar-refractivity contribution in [1.29, 1.82) is 0 Å². The summed E-state index contributed by atoms with van der Waals surface area (Å²) in [7, 11) is 0. The molecule has 2 saturated heterocycles. The first-order valence-corrected chi connectivity index (χ1v) is 30.0. The van der Waals surface area contributed by atoms with Crippen LogP contribution < -0.4 is 5.32 Å². The maximum absolute atomic E-state index is 13.2. The zero-order chi connectivity index (χ0) is 56.0. The average Bonchev–Trinajstić information content (AvgIpc) is 3.45. The maximum atomic E-state index is 13.2. The Labute approximate surface area is 464 Å². The number of carbonyl (C=O) groups is 1. The van der Waals surface area contributed by atoms with E-state index in [9.17, 15) is 45.6 Å². The lowest BCUT2D eigenvalue weighted by Gasteiger charge is -2.46. The first-order chi connectivity index (χ1) is 37.6. The Balaban J connectivity index is 1.64. The first-order valence-electron chi connectivity index (χ1n) is 30.0. The molecule has 9 N–H and O–H groups in total. The fourth-order valence-electron chi connectivity index (χ4n) is 9.19. The van der Waals surface area contributed by atoms with E-state index in [4.69, 9.17) is 18.9 Å². The summed E-state index contributed by atoms with van der Waals surface area (Å²) in [6.45, 7) is 2.60. The molecule has 2 rings (SSSR count). The minimum Gasteiger partial charge on any atom is -0.394 e. The monoisotopic (exact) mass is 1090 g/mol. The number of rotatable bonds is 46. The van der Waals surface area contributed by atoms with Crippen molar-refractivity contribution < 1.29 is 64.6 Å². The molecule has 0 spiro atoms. The van der Waals surface area contributed by atoms with E-state index in [1.54, 1.807) is 6.08 Å². The van der Waals surface area contributed by atoms with Crippen LogP contribution in [0.2, 0.25) is 0 Å². The van der Waals surface area contributed by atoms with Crippen LogP contribution in [0.1, 0.15) is 200 Å². The van der Waals surface area contributed by atoms with Gasteiger partial charge in [-0.3, -0.25) is 4.79 Å². The summed E-state index contributed by atoms with van der Waals surface area (Å²) in [5.74, 6) is -0.256. The van der Waals surface area contributed by atoms with E-state index in [-0.39, 0.29) is 18.9 Å². The molecule has 2 fully saturated rings. The number of hydrogen-bond donors (Lipinski definition) is 9. The Morgan fingerprint density at radius 3 is 1.43 bits per heavy atom. The van der Waals surface area contributed by atoms with Crippen molar-refractivity contribution in [3.8, 4) is 0 Å². The maximum Gasteiger partial charge on any atom is 0.220 e. The van der Waals surface area contributed by atoms with Crippen LogP contribution in [0.15, 0.2) is 97.2 Å². The van der Waals surface area contributed by atoms with Crippen molar-refractivity contribution >= 4 is 5.91 Å². The van der Waals surface area contributed by atoms with E-state index in [0.29, 0.717) is 12.8 Å². The summed E-state index contributed by atoms with van der Waals surface area (Å²) in [4.78, 5) is 13.2. The van der Waals surface area contributed by atoms with Crippen LogP contribution in [0.4, 0.5) is 0 Å².